The molecular weight excluding hydrogens is 642 g/mol. The molecule has 5 heterocycles. The molecule has 2 N–H and O–H groups in total. The van der Waals surface area contributed by atoms with Crippen molar-refractivity contribution in [3.63, 3.8) is 0 Å². The number of fused-ring (bicyclic) bond motifs is 1. The van der Waals surface area contributed by atoms with Crippen LogP contribution in [0.3, 0.4) is 0 Å². The summed E-state index contributed by atoms with van der Waals surface area (Å²) in [5.41, 5.74) is -2.15. The number of nitrogens with zero attached hydrogens (tertiary/aromatic N) is 7. The van der Waals surface area contributed by atoms with Crippen molar-refractivity contribution in [1.29, 1.82) is 0 Å². The number of aromatic nitrogens is 6. The van der Waals surface area contributed by atoms with Crippen molar-refractivity contribution in [2.75, 3.05) is 13.2 Å². The molecule has 2 saturated heterocycles. The molecule has 256 valence electrons. The van der Waals surface area contributed by atoms with E-state index in [9.17, 15) is 41.0 Å². The Morgan fingerprint density at radius 3 is 2.40 bits per heavy atom. The van der Waals surface area contributed by atoms with Gasteiger partial charge in [0.25, 0.3) is 29.9 Å². The van der Waals surface area contributed by atoms with Crippen molar-refractivity contribution in [2.24, 2.45) is 5.92 Å². The standard InChI is InChI=1S/C28H32F6N8O5/c1-14-20(40-47-39-14)22(43)38-21(15-2-5-27(31,32)6-3-15)17-12-42-25(37-17)36-16(11-35-42)18-10-26(45,24(29)30)8-9-41(18)23(44)19-4-7-28(33,34)13-46-19/h11-12,15,18-19,21,24,45H,2-10,13H2,1H3,(H,38,43). The van der Waals surface area contributed by atoms with Crippen molar-refractivity contribution < 1.29 is 50.4 Å². The number of hydrogen-bond donors (Lipinski definition) is 2. The van der Waals surface area contributed by atoms with Gasteiger partial charge in [-0.05, 0) is 43.7 Å². The number of carbonyl (C=O) groups excluding carboxylic acids is 2. The summed E-state index contributed by atoms with van der Waals surface area (Å²) in [7, 11) is 0. The first-order chi connectivity index (χ1) is 22.1. The molecule has 2 amide bonds. The number of likely N-dealkylation sites (tertiary alicyclic amines) is 1. The normalized spacial score (nSPS) is 27.2. The van der Waals surface area contributed by atoms with E-state index in [-0.39, 0.29) is 54.4 Å². The van der Waals surface area contributed by atoms with E-state index < -0.39 is 98.5 Å². The van der Waals surface area contributed by atoms with Gasteiger partial charge in [-0.3, -0.25) is 9.59 Å². The topological polar surface area (TPSA) is 161 Å². The van der Waals surface area contributed by atoms with Crippen molar-refractivity contribution in [3.8, 4) is 0 Å². The maximum atomic E-state index is 14.0. The van der Waals surface area contributed by atoms with Crippen LogP contribution in [0.1, 0.15) is 91.0 Å². The highest BCUT2D eigenvalue weighted by Crippen LogP contribution is 2.43. The maximum absolute atomic E-state index is 14.0. The third kappa shape index (κ3) is 6.77. The first kappa shape index (κ1) is 33.0. The minimum absolute atomic E-state index is 0.00916. The van der Waals surface area contributed by atoms with Crippen molar-refractivity contribution in [1.82, 2.24) is 40.1 Å². The second-order valence-corrected chi connectivity index (χ2v) is 12.5. The van der Waals surface area contributed by atoms with E-state index in [2.05, 4.69) is 35.3 Å². The SMILES string of the molecule is Cc1nonc1C(=O)NC(c1cn2ncc(C3CC(O)(C(F)F)CCN3C(=O)C3CCC(F)(F)CO3)nc2n1)C1CCC(F)(F)CC1. The van der Waals surface area contributed by atoms with Crippen LogP contribution in [0.2, 0.25) is 0 Å². The third-order valence-electron chi connectivity index (χ3n) is 9.22. The fourth-order valence-electron chi connectivity index (χ4n) is 6.44. The molecule has 19 heteroatoms. The fourth-order valence-corrected chi connectivity index (χ4v) is 6.44. The monoisotopic (exact) mass is 674 g/mol. The van der Waals surface area contributed by atoms with Gasteiger partial charge in [0.05, 0.1) is 35.9 Å². The number of alkyl halides is 6. The highest BCUT2D eigenvalue weighted by Gasteiger charge is 2.49. The van der Waals surface area contributed by atoms with Crippen LogP contribution < -0.4 is 5.32 Å². The van der Waals surface area contributed by atoms with Crippen LogP contribution in [0.4, 0.5) is 26.3 Å². The number of ether oxygens (including phenoxy) is 1. The lowest BCUT2D eigenvalue weighted by molar-refractivity contribution is -0.182. The highest BCUT2D eigenvalue weighted by atomic mass is 19.3. The van der Waals surface area contributed by atoms with Gasteiger partial charge in [0.15, 0.2) is 5.69 Å². The van der Waals surface area contributed by atoms with Gasteiger partial charge < -0.3 is 20.1 Å². The number of aliphatic hydroxyl groups is 1. The minimum Gasteiger partial charge on any atom is -0.384 e. The molecule has 3 aromatic heterocycles. The Kier molecular flexibility index (Phi) is 8.65. The molecule has 3 fully saturated rings. The van der Waals surface area contributed by atoms with Gasteiger partial charge in [-0.2, -0.15) is 5.10 Å². The van der Waals surface area contributed by atoms with Crippen LogP contribution in [0.5, 0.6) is 0 Å². The molecule has 0 aromatic carbocycles. The molecule has 47 heavy (non-hydrogen) atoms. The van der Waals surface area contributed by atoms with E-state index in [1.54, 1.807) is 0 Å². The van der Waals surface area contributed by atoms with Gasteiger partial charge in [-0.25, -0.2) is 45.5 Å². The van der Waals surface area contributed by atoms with Gasteiger partial charge >= 0.3 is 0 Å². The predicted molar refractivity (Wildman–Crippen MR) is 145 cm³/mol. The molecule has 0 radical (unpaired) electrons. The number of imidazole rings is 1. The Balaban J connectivity index is 1.31. The Morgan fingerprint density at radius 1 is 1.04 bits per heavy atom. The van der Waals surface area contributed by atoms with Crippen molar-refractivity contribution in [2.45, 2.75) is 100 Å². The Hall–Kier alpha value is -3.87. The van der Waals surface area contributed by atoms with Crippen LogP contribution in [0, 0.1) is 12.8 Å². The van der Waals surface area contributed by atoms with E-state index >= 15 is 0 Å². The Morgan fingerprint density at radius 2 is 1.77 bits per heavy atom. The molecule has 1 aliphatic carbocycles. The van der Waals surface area contributed by atoms with E-state index in [4.69, 9.17) is 4.74 Å². The number of carbonyl (C=O) groups is 2. The van der Waals surface area contributed by atoms with Gasteiger partial charge in [-0.1, -0.05) is 5.16 Å². The molecule has 0 bridgehead atoms. The summed E-state index contributed by atoms with van der Waals surface area (Å²) in [6.07, 6.45) is -4.39. The first-order valence-corrected chi connectivity index (χ1v) is 15.2. The zero-order valence-electron chi connectivity index (χ0n) is 25.1. The second kappa shape index (κ2) is 12.3. The van der Waals surface area contributed by atoms with Crippen molar-refractivity contribution >= 4 is 17.6 Å². The lowest BCUT2D eigenvalue weighted by atomic mass is 9.81. The van der Waals surface area contributed by atoms with Crippen LogP contribution in [-0.2, 0) is 9.53 Å². The summed E-state index contributed by atoms with van der Waals surface area (Å²) in [4.78, 5) is 36.6. The van der Waals surface area contributed by atoms with Gasteiger partial charge in [0.1, 0.15) is 24.0 Å². The number of rotatable bonds is 7. The average Bonchev–Trinajstić information content (AvgIpc) is 3.65. The van der Waals surface area contributed by atoms with E-state index in [0.29, 0.717) is 0 Å². The second-order valence-electron chi connectivity index (χ2n) is 12.5. The molecule has 4 unspecified atom stereocenters. The van der Waals surface area contributed by atoms with E-state index in [0.717, 1.165) is 0 Å². The average molecular weight is 675 g/mol. The summed E-state index contributed by atoms with van der Waals surface area (Å²) in [6.45, 7) is 0.213. The number of hydrogen-bond acceptors (Lipinski definition) is 10. The summed E-state index contributed by atoms with van der Waals surface area (Å²) < 4.78 is 94.3. The predicted octanol–water partition coefficient (Wildman–Crippen LogP) is 3.59. The number of piperidine rings is 1. The number of aryl methyl sites for hydroxylation is 1. The lowest BCUT2D eigenvalue weighted by Crippen LogP contribution is -2.55. The number of amides is 2. The molecule has 3 aliphatic rings. The van der Waals surface area contributed by atoms with Crippen LogP contribution >= 0.6 is 0 Å². The molecule has 3 aromatic rings. The van der Waals surface area contributed by atoms with Crippen molar-refractivity contribution in [3.05, 3.63) is 35.2 Å². The summed E-state index contributed by atoms with van der Waals surface area (Å²) >= 11 is 0. The molecule has 2 aliphatic heterocycles. The summed E-state index contributed by atoms with van der Waals surface area (Å²) in [6, 6.07) is -2.13. The summed E-state index contributed by atoms with van der Waals surface area (Å²) in [5.74, 6) is -7.84. The first-order valence-electron chi connectivity index (χ1n) is 15.2. The van der Waals surface area contributed by atoms with Crippen LogP contribution in [-0.4, -0.2) is 94.8 Å². The number of nitrogens with one attached hydrogen (secondary N) is 1. The highest BCUT2D eigenvalue weighted by molar-refractivity contribution is 5.93. The molecular formula is C28H32F6N8O5. The zero-order valence-corrected chi connectivity index (χ0v) is 25.1. The van der Waals surface area contributed by atoms with Gasteiger partial charge in [0.2, 0.25) is 5.92 Å². The van der Waals surface area contributed by atoms with E-state index in [1.165, 1.54) is 28.7 Å². The zero-order chi connectivity index (χ0) is 33.7. The Labute approximate surface area is 263 Å². The quantitative estimate of drug-likeness (QED) is 0.355. The van der Waals surface area contributed by atoms with Gasteiger partial charge in [-0.15, -0.1) is 0 Å². The van der Waals surface area contributed by atoms with Gasteiger partial charge in [0, 0.05) is 32.2 Å². The van der Waals surface area contributed by atoms with Crippen LogP contribution in [0.25, 0.3) is 5.78 Å². The Bertz CT molecular complexity index is 1620. The summed E-state index contributed by atoms with van der Waals surface area (Å²) in [5, 5.41) is 25.0. The molecule has 0 spiro atoms. The smallest absolute Gasteiger partial charge is 0.276 e. The largest absolute Gasteiger partial charge is 0.384 e. The lowest BCUT2D eigenvalue weighted by Gasteiger charge is -2.44. The molecule has 6 rings (SSSR count). The molecule has 1 saturated carbocycles. The molecule has 13 nitrogen and oxygen atoms in total. The van der Waals surface area contributed by atoms with Crippen LogP contribution in [0.15, 0.2) is 17.0 Å². The minimum atomic E-state index is -3.16. The number of halogens is 6. The van der Waals surface area contributed by atoms with E-state index in [1.807, 2.05) is 0 Å². The third-order valence-corrected chi connectivity index (χ3v) is 9.22. The fraction of sp³-hybridized carbons (Fsp3) is 0.679. The maximum Gasteiger partial charge on any atom is 0.276 e. The molecule has 4 atom stereocenters.